The van der Waals surface area contributed by atoms with Crippen molar-refractivity contribution < 1.29 is 18.0 Å². The van der Waals surface area contributed by atoms with Gasteiger partial charge >= 0.3 is 6.36 Å². The molecule has 0 radical (unpaired) electrons. The highest BCUT2D eigenvalue weighted by molar-refractivity contribution is 5.16. The van der Waals surface area contributed by atoms with Crippen LogP contribution in [0.5, 0.6) is 0 Å². The average molecular weight is 281 g/mol. The lowest BCUT2D eigenvalue weighted by molar-refractivity contribution is -0.420. The molecule has 0 spiro atoms. The zero-order valence-electron chi connectivity index (χ0n) is 10.7. The van der Waals surface area contributed by atoms with Gasteiger partial charge < -0.3 is 0 Å². The Balaban J connectivity index is 2.08. The highest BCUT2D eigenvalue weighted by atomic mass is 19.4. The SMILES string of the molecule is FC(F)(F)ON(Cc1ccccc1)Cc1ccccc1. The van der Waals surface area contributed by atoms with E-state index < -0.39 is 6.36 Å². The van der Waals surface area contributed by atoms with Gasteiger partial charge in [-0.15, -0.1) is 13.2 Å². The molecule has 0 heterocycles. The van der Waals surface area contributed by atoms with Crippen LogP contribution in [0.15, 0.2) is 60.7 Å². The highest BCUT2D eigenvalue weighted by Gasteiger charge is 2.33. The van der Waals surface area contributed by atoms with Crippen LogP contribution in [0.4, 0.5) is 13.2 Å². The van der Waals surface area contributed by atoms with Crippen LogP contribution in [0.3, 0.4) is 0 Å². The van der Waals surface area contributed by atoms with E-state index in [0.29, 0.717) is 0 Å². The molecule has 2 rings (SSSR count). The van der Waals surface area contributed by atoms with Gasteiger partial charge in [0.1, 0.15) is 0 Å². The predicted molar refractivity (Wildman–Crippen MR) is 69.3 cm³/mol. The van der Waals surface area contributed by atoms with E-state index in [4.69, 9.17) is 0 Å². The first-order chi connectivity index (χ1) is 9.53. The molecule has 2 aromatic carbocycles. The first-order valence-corrected chi connectivity index (χ1v) is 6.11. The lowest BCUT2D eigenvalue weighted by Gasteiger charge is -2.23. The molecule has 0 N–H and O–H groups in total. The largest absolute Gasteiger partial charge is 0.539 e. The topological polar surface area (TPSA) is 12.5 Å². The fourth-order valence-corrected chi connectivity index (χ4v) is 1.84. The number of alkyl halides is 3. The van der Waals surface area contributed by atoms with E-state index >= 15 is 0 Å². The van der Waals surface area contributed by atoms with E-state index in [2.05, 4.69) is 4.84 Å². The minimum Gasteiger partial charge on any atom is -0.200 e. The Morgan fingerprint density at radius 1 is 0.750 bits per heavy atom. The molecule has 2 nitrogen and oxygen atoms in total. The summed E-state index contributed by atoms with van der Waals surface area (Å²) in [6.45, 7) is 0.129. The smallest absolute Gasteiger partial charge is 0.200 e. The van der Waals surface area contributed by atoms with E-state index in [1.165, 1.54) is 0 Å². The molecule has 0 atom stereocenters. The van der Waals surface area contributed by atoms with Gasteiger partial charge in [-0.1, -0.05) is 60.7 Å². The third-order valence-electron chi connectivity index (χ3n) is 2.64. The zero-order valence-corrected chi connectivity index (χ0v) is 10.7. The van der Waals surface area contributed by atoms with Gasteiger partial charge in [-0.25, -0.2) is 0 Å². The maximum absolute atomic E-state index is 12.4. The summed E-state index contributed by atoms with van der Waals surface area (Å²) in [5, 5.41) is 0.907. The second-order valence-corrected chi connectivity index (χ2v) is 4.31. The summed E-state index contributed by atoms with van der Waals surface area (Å²) in [6, 6.07) is 17.8. The summed E-state index contributed by atoms with van der Waals surface area (Å²) in [7, 11) is 0. The molecule has 0 aliphatic carbocycles. The summed E-state index contributed by atoms with van der Waals surface area (Å²) in [5.74, 6) is 0. The number of hydrogen-bond acceptors (Lipinski definition) is 2. The van der Waals surface area contributed by atoms with Crippen molar-refractivity contribution in [1.82, 2.24) is 5.06 Å². The first-order valence-electron chi connectivity index (χ1n) is 6.11. The lowest BCUT2D eigenvalue weighted by atomic mass is 10.2. The molecule has 0 saturated carbocycles. The van der Waals surface area contributed by atoms with E-state index in [1.54, 1.807) is 48.5 Å². The van der Waals surface area contributed by atoms with Gasteiger partial charge in [-0.3, -0.25) is 0 Å². The summed E-state index contributed by atoms with van der Waals surface area (Å²) in [4.78, 5) is 4.08. The van der Waals surface area contributed by atoms with E-state index in [1.807, 2.05) is 12.1 Å². The highest BCUT2D eigenvalue weighted by Crippen LogP contribution is 2.21. The quantitative estimate of drug-likeness (QED) is 0.764. The van der Waals surface area contributed by atoms with E-state index in [-0.39, 0.29) is 13.1 Å². The van der Waals surface area contributed by atoms with E-state index in [9.17, 15) is 13.2 Å². The van der Waals surface area contributed by atoms with Crippen LogP contribution in [0, 0.1) is 0 Å². The van der Waals surface area contributed by atoms with Gasteiger partial charge in [-0.05, 0) is 11.1 Å². The molecule has 5 heteroatoms. The molecule has 20 heavy (non-hydrogen) atoms. The molecule has 0 fully saturated rings. The number of benzene rings is 2. The maximum Gasteiger partial charge on any atom is 0.539 e. The minimum absolute atomic E-state index is 0.0647. The third-order valence-corrected chi connectivity index (χ3v) is 2.64. The Hall–Kier alpha value is -1.85. The summed E-state index contributed by atoms with van der Waals surface area (Å²) >= 11 is 0. The fraction of sp³-hybridized carbons (Fsp3) is 0.200. The van der Waals surface area contributed by atoms with Gasteiger partial charge in [-0.2, -0.15) is 9.90 Å². The summed E-state index contributed by atoms with van der Waals surface area (Å²) in [6.07, 6.45) is -4.69. The first kappa shape index (κ1) is 14.6. The zero-order chi connectivity index (χ0) is 14.4. The van der Waals surface area contributed by atoms with Gasteiger partial charge in [0, 0.05) is 13.1 Å². The molecule has 0 bridgehead atoms. The van der Waals surface area contributed by atoms with Crippen LogP contribution in [0.2, 0.25) is 0 Å². The second-order valence-electron chi connectivity index (χ2n) is 4.31. The normalized spacial score (nSPS) is 11.8. The molecule has 0 unspecified atom stereocenters. The van der Waals surface area contributed by atoms with Crippen LogP contribution in [0.25, 0.3) is 0 Å². The predicted octanol–water partition coefficient (Wildman–Crippen LogP) is 4.14. The van der Waals surface area contributed by atoms with Crippen molar-refractivity contribution in [2.45, 2.75) is 19.5 Å². The Bertz CT molecular complexity index is 472. The molecule has 0 aliphatic rings. The van der Waals surface area contributed by atoms with Crippen molar-refractivity contribution in [3.05, 3.63) is 71.8 Å². The van der Waals surface area contributed by atoms with Crippen molar-refractivity contribution in [3.8, 4) is 0 Å². The monoisotopic (exact) mass is 281 g/mol. The minimum atomic E-state index is -4.69. The van der Waals surface area contributed by atoms with Gasteiger partial charge in [0.25, 0.3) is 0 Å². The number of nitrogens with zero attached hydrogens (tertiary/aromatic N) is 1. The Morgan fingerprint density at radius 3 is 1.50 bits per heavy atom. The number of hydrogen-bond donors (Lipinski definition) is 0. The van der Waals surface area contributed by atoms with Crippen LogP contribution in [-0.4, -0.2) is 11.4 Å². The molecular formula is C15H14F3NO. The Morgan fingerprint density at radius 2 is 1.15 bits per heavy atom. The molecule has 106 valence electrons. The van der Waals surface area contributed by atoms with Crippen molar-refractivity contribution in [2.24, 2.45) is 0 Å². The van der Waals surface area contributed by atoms with Crippen molar-refractivity contribution in [2.75, 3.05) is 0 Å². The molecule has 0 aromatic heterocycles. The molecule has 2 aromatic rings. The van der Waals surface area contributed by atoms with Crippen molar-refractivity contribution >= 4 is 0 Å². The van der Waals surface area contributed by atoms with Gasteiger partial charge in [0.15, 0.2) is 0 Å². The Kier molecular flexibility index (Phi) is 4.76. The van der Waals surface area contributed by atoms with Crippen LogP contribution >= 0.6 is 0 Å². The van der Waals surface area contributed by atoms with Crippen LogP contribution in [0.1, 0.15) is 11.1 Å². The van der Waals surface area contributed by atoms with Crippen molar-refractivity contribution in [1.29, 1.82) is 0 Å². The standard InChI is InChI=1S/C15H14F3NO/c16-15(17,18)20-19(11-13-7-3-1-4-8-13)12-14-9-5-2-6-10-14/h1-10H,11-12H2. The van der Waals surface area contributed by atoms with E-state index in [0.717, 1.165) is 16.2 Å². The van der Waals surface area contributed by atoms with Gasteiger partial charge in [0.05, 0.1) is 0 Å². The fourth-order valence-electron chi connectivity index (χ4n) is 1.84. The third kappa shape index (κ3) is 5.03. The average Bonchev–Trinajstić information content (AvgIpc) is 2.39. The number of hydroxylamine groups is 2. The summed E-state index contributed by atoms with van der Waals surface area (Å²) in [5.41, 5.74) is 1.51. The Labute approximate surface area is 115 Å². The number of rotatable bonds is 5. The molecular weight excluding hydrogens is 267 g/mol. The van der Waals surface area contributed by atoms with Crippen LogP contribution < -0.4 is 0 Å². The van der Waals surface area contributed by atoms with Gasteiger partial charge in [0.2, 0.25) is 0 Å². The molecule has 0 aliphatic heterocycles. The second kappa shape index (κ2) is 6.54. The lowest BCUT2D eigenvalue weighted by Crippen LogP contribution is -2.30. The number of halogens is 3. The maximum atomic E-state index is 12.4. The molecule has 0 saturated heterocycles. The molecule has 0 amide bonds. The van der Waals surface area contributed by atoms with Crippen LogP contribution in [-0.2, 0) is 17.9 Å². The summed E-state index contributed by atoms with van der Waals surface area (Å²) < 4.78 is 37.3. The van der Waals surface area contributed by atoms with Crippen molar-refractivity contribution in [3.63, 3.8) is 0 Å².